The number of anilines is 1. The van der Waals surface area contributed by atoms with E-state index in [1.165, 1.54) is 6.07 Å². The number of para-hydroxylation sites is 1. The maximum atomic E-state index is 12.6. The van der Waals surface area contributed by atoms with Crippen molar-refractivity contribution in [3.8, 4) is 11.5 Å². The summed E-state index contributed by atoms with van der Waals surface area (Å²) in [5.74, 6) is 2.15. The van der Waals surface area contributed by atoms with E-state index in [1.54, 1.807) is 25.3 Å². The number of methoxy groups -OCH3 is 1. The maximum absolute atomic E-state index is 12.6. The van der Waals surface area contributed by atoms with Crippen LogP contribution in [0, 0.1) is 5.92 Å². The third-order valence-electron chi connectivity index (χ3n) is 5.20. The van der Waals surface area contributed by atoms with Gasteiger partial charge in [-0.05, 0) is 37.5 Å². The summed E-state index contributed by atoms with van der Waals surface area (Å²) in [7, 11) is 1.68. The van der Waals surface area contributed by atoms with Crippen LogP contribution in [0.15, 0.2) is 53.5 Å². The Morgan fingerprint density at radius 2 is 2.03 bits per heavy atom. The minimum absolute atomic E-state index is 0.154. The van der Waals surface area contributed by atoms with Gasteiger partial charge in [-0.25, -0.2) is 4.99 Å². The molecule has 1 saturated heterocycles. The number of alkyl halides is 2. The molecule has 0 amide bonds. The number of nitrogens with zero attached hydrogens (tertiary/aromatic N) is 2. The van der Waals surface area contributed by atoms with Crippen LogP contribution in [-0.4, -0.2) is 45.9 Å². The fourth-order valence-corrected chi connectivity index (χ4v) is 3.63. The van der Waals surface area contributed by atoms with E-state index in [0.29, 0.717) is 24.0 Å². The highest BCUT2D eigenvalue weighted by Gasteiger charge is 2.23. The molecule has 0 aromatic heterocycles. The standard InChI is InChI=1S/C23H30F2N4O2/c1-3-26-23(28-15-18-7-4-5-10-21(18)31-22(24)25)27-14-17-11-12-29(16-17)19-8-6-9-20(13-19)30-2/h4-10,13,17,22H,3,11-12,14-16H2,1-2H3,(H2,26,27,28). The molecule has 2 N–H and O–H groups in total. The van der Waals surface area contributed by atoms with Crippen molar-refractivity contribution in [2.24, 2.45) is 10.9 Å². The average molecular weight is 433 g/mol. The molecule has 0 aliphatic carbocycles. The molecule has 0 bridgehead atoms. The van der Waals surface area contributed by atoms with Crippen LogP contribution >= 0.6 is 0 Å². The Morgan fingerprint density at radius 1 is 1.19 bits per heavy atom. The third kappa shape index (κ3) is 6.73. The van der Waals surface area contributed by atoms with Crippen molar-refractivity contribution in [2.75, 3.05) is 38.2 Å². The molecule has 8 heteroatoms. The predicted molar refractivity (Wildman–Crippen MR) is 119 cm³/mol. The zero-order valence-electron chi connectivity index (χ0n) is 18.0. The van der Waals surface area contributed by atoms with Gasteiger partial charge in [0, 0.05) is 43.5 Å². The highest BCUT2D eigenvalue weighted by atomic mass is 19.3. The fraction of sp³-hybridized carbons (Fsp3) is 0.435. The zero-order valence-corrected chi connectivity index (χ0v) is 18.0. The molecule has 1 unspecified atom stereocenters. The van der Waals surface area contributed by atoms with Crippen LogP contribution in [0.5, 0.6) is 11.5 Å². The van der Waals surface area contributed by atoms with Gasteiger partial charge in [0.05, 0.1) is 13.7 Å². The molecule has 1 aliphatic heterocycles. The van der Waals surface area contributed by atoms with Crippen LogP contribution in [0.4, 0.5) is 14.5 Å². The maximum Gasteiger partial charge on any atom is 0.387 e. The number of hydrogen-bond acceptors (Lipinski definition) is 4. The molecule has 0 saturated carbocycles. The van der Waals surface area contributed by atoms with E-state index < -0.39 is 6.61 Å². The van der Waals surface area contributed by atoms with Crippen LogP contribution in [0.3, 0.4) is 0 Å². The molecular weight excluding hydrogens is 402 g/mol. The number of aliphatic imine (C=N–C) groups is 1. The quantitative estimate of drug-likeness (QED) is 0.465. The van der Waals surface area contributed by atoms with Gasteiger partial charge in [0.1, 0.15) is 11.5 Å². The molecule has 168 valence electrons. The topological polar surface area (TPSA) is 58.1 Å². The lowest BCUT2D eigenvalue weighted by Crippen LogP contribution is -2.40. The van der Waals surface area contributed by atoms with E-state index >= 15 is 0 Å². The monoisotopic (exact) mass is 432 g/mol. The van der Waals surface area contributed by atoms with Gasteiger partial charge < -0.3 is 25.0 Å². The minimum atomic E-state index is -2.86. The first-order valence-electron chi connectivity index (χ1n) is 10.5. The van der Waals surface area contributed by atoms with Crippen LogP contribution in [-0.2, 0) is 6.54 Å². The van der Waals surface area contributed by atoms with Gasteiger partial charge in [-0.2, -0.15) is 8.78 Å². The van der Waals surface area contributed by atoms with Crippen molar-refractivity contribution in [3.63, 3.8) is 0 Å². The summed E-state index contributed by atoms with van der Waals surface area (Å²) in [5, 5.41) is 6.60. The molecular formula is C23H30F2N4O2. The first kappa shape index (κ1) is 22.7. The molecule has 2 aromatic rings. The Bertz CT molecular complexity index is 863. The zero-order chi connectivity index (χ0) is 22.1. The minimum Gasteiger partial charge on any atom is -0.497 e. The Balaban J connectivity index is 1.56. The molecule has 2 aromatic carbocycles. The molecule has 1 aliphatic rings. The largest absolute Gasteiger partial charge is 0.497 e. The van der Waals surface area contributed by atoms with E-state index in [0.717, 1.165) is 37.5 Å². The summed E-state index contributed by atoms with van der Waals surface area (Å²) >= 11 is 0. The second-order valence-electron chi connectivity index (χ2n) is 7.36. The predicted octanol–water partition coefficient (Wildman–Crippen LogP) is 3.88. The second-order valence-corrected chi connectivity index (χ2v) is 7.36. The van der Waals surface area contributed by atoms with Crippen LogP contribution in [0.25, 0.3) is 0 Å². The van der Waals surface area contributed by atoms with Gasteiger partial charge >= 0.3 is 6.61 Å². The average Bonchev–Trinajstić information content (AvgIpc) is 3.25. The highest BCUT2D eigenvalue weighted by Crippen LogP contribution is 2.26. The molecule has 6 nitrogen and oxygen atoms in total. The lowest BCUT2D eigenvalue weighted by Gasteiger charge is -2.20. The number of hydrogen-bond donors (Lipinski definition) is 2. The number of ether oxygens (including phenoxy) is 2. The van der Waals surface area contributed by atoms with E-state index in [2.05, 4.69) is 37.4 Å². The summed E-state index contributed by atoms with van der Waals surface area (Å²) in [6.45, 7) is 2.81. The smallest absolute Gasteiger partial charge is 0.387 e. The molecule has 0 spiro atoms. The fourth-order valence-electron chi connectivity index (χ4n) is 3.63. The van der Waals surface area contributed by atoms with E-state index in [4.69, 9.17) is 4.74 Å². The lowest BCUT2D eigenvalue weighted by molar-refractivity contribution is -0.0504. The van der Waals surface area contributed by atoms with Crippen LogP contribution < -0.4 is 25.0 Å². The number of benzene rings is 2. The van der Waals surface area contributed by atoms with E-state index in [-0.39, 0.29) is 12.3 Å². The molecule has 3 rings (SSSR count). The normalized spacial score (nSPS) is 16.5. The van der Waals surface area contributed by atoms with E-state index in [9.17, 15) is 8.78 Å². The summed E-state index contributed by atoms with van der Waals surface area (Å²) < 4.78 is 35.2. The van der Waals surface area contributed by atoms with Crippen molar-refractivity contribution in [3.05, 3.63) is 54.1 Å². The number of rotatable bonds is 9. The molecule has 1 fully saturated rings. The lowest BCUT2D eigenvalue weighted by atomic mass is 10.1. The van der Waals surface area contributed by atoms with Gasteiger partial charge in [0.2, 0.25) is 0 Å². The van der Waals surface area contributed by atoms with Crippen molar-refractivity contribution in [2.45, 2.75) is 26.5 Å². The number of nitrogens with one attached hydrogen (secondary N) is 2. The summed E-state index contributed by atoms with van der Waals surface area (Å²) in [5.41, 5.74) is 1.78. The first-order valence-corrected chi connectivity index (χ1v) is 10.5. The van der Waals surface area contributed by atoms with Gasteiger partial charge in [-0.15, -0.1) is 0 Å². The van der Waals surface area contributed by atoms with Gasteiger partial charge in [0.25, 0.3) is 0 Å². The summed E-state index contributed by atoms with van der Waals surface area (Å²) in [6, 6.07) is 14.8. The number of halogens is 2. The summed E-state index contributed by atoms with van der Waals surface area (Å²) in [4.78, 5) is 6.91. The second kappa shape index (κ2) is 11.4. The van der Waals surface area contributed by atoms with Gasteiger partial charge in [-0.1, -0.05) is 24.3 Å². The van der Waals surface area contributed by atoms with Crippen LogP contribution in [0.2, 0.25) is 0 Å². The van der Waals surface area contributed by atoms with Crippen molar-refractivity contribution in [1.29, 1.82) is 0 Å². The first-order chi connectivity index (χ1) is 15.1. The molecule has 0 radical (unpaired) electrons. The summed E-state index contributed by atoms with van der Waals surface area (Å²) in [6.07, 6.45) is 1.08. The SMILES string of the molecule is CCNC(=NCc1ccccc1OC(F)F)NCC1CCN(c2cccc(OC)c2)C1. The van der Waals surface area contributed by atoms with Crippen molar-refractivity contribution < 1.29 is 18.3 Å². The van der Waals surface area contributed by atoms with Crippen molar-refractivity contribution >= 4 is 11.6 Å². The Hall–Kier alpha value is -3.03. The number of guanidine groups is 1. The van der Waals surface area contributed by atoms with Gasteiger partial charge in [0.15, 0.2) is 5.96 Å². The Kier molecular flexibility index (Phi) is 8.32. The van der Waals surface area contributed by atoms with E-state index in [1.807, 2.05) is 19.1 Å². The van der Waals surface area contributed by atoms with Crippen LogP contribution in [0.1, 0.15) is 18.9 Å². The Labute approximate surface area is 182 Å². The molecule has 31 heavy (non-hydrogen) atoms. The van der Waals surface area contributed by atoms with Crippen molar-refractivity contribution in [1.82, 2.24) is 10.6 Å². The molecule has 1 heterocycles. The Morgan fingerprint density at radius 3 is 2.81 bits per heavy atom. The highest BCUT2D eigenvalue weighted by molar-refractivity contribution is 5.79. The van der Waals surface area contributed by atoms with Gasteiger partial charge in [-0.3, -0.25) is 0 Å². The third-order valence-corrected chi connectivity index (χ3v) is 5.20. The molecule has 1 atom stereocenters.